The Morgan fingerprint density at radius 1 is 1.57 bits per heavy atom. The average molecular weight is 320 g/mol. The Labute approximate surface area is 129 Å². The summed E-state index contributed by atoms with van der Waals surface area (Å²) in [6.07, 6.45) is 8.57. The third kappa shape index (κ3) is 8.36. The number of allylic oxidation sites excluding steroid dienone is 2. The Bertz CT molecular complexity index is 453. The van der Waals surface area contributed by atoms with Crippen LogP contribution in [0.15, 0.2) is 22.9 Å². The first-order valence-electron chi connectivity index (χ1n) is 6.58. The van der Waals surface area contributed by atoms with Crippen LogP contribution in [-0.4, -0.2) is 23.0 Å². The molecule has 118 valence electrons. The fourth-order valence-electron chi connectivity index (χ4n) is 1.50. The number of aliphatic carboxylic acids is 1. The van der Waals surface area contributed by atoms with E-state index in [0.717, 1.165) is 5.57 Å². The maximum Gasteiger partial charge on any atom is 0.330 e. The molecule has 0 fully saturated rings. The van der Waals surface area contributed by atoms with E-state index in [1.807, 2.05) is 6.92 Å². The van der Waals surface area contributed by atoms with Crippen LogP contribution in [0.2, 0.25) is 0 Å². The number of alkyl halides is 2. The lowest BCUT2D eigenvalue weighted by molar-refractivity contribution is -0.137. The first kappa shape index (κ1) is 19.5. The van der Waals surface area contributed by atoms with Crippen LogP contribution in [0.5, 0.6) is 0 Å². The van der Waals surface area contributed by atoms with Crippen molar-refractivity contribution < 1.29 is 18.7 Å². The number of terminal acetylenes is 1. The highest BCUT2D eigenvalue weighted by molar-refractivity contribution is 6.30. The number of hydrogen-bond acceptors (Lipinski definition) is 2. The standard InChI is InChI=1S/C8H12F2.C7H8ClNO2/c1-3-5-7-8(9,10)6-4-2;1-4-2-3-5(7(10)11)9-6(4)8/h1H,4-7H2,2H3;2-3,5,9H,1H3,(H,10,11). The molecule has 3 nitrogen and oxygen atoms in total. The molecule has 6 heteroatoms. The third-order valence-electron chi connectivity index (χ3n) is 2.68. The predicted octanol–water partition coefficient (Wildman–Crippen LogP) is 3.90. The molecule has 0 spiro atoms. The molecular formula is C15H20ClF2NO2. The van der Waals surface area contributed by atoms with Crippen molar-refractivity contribution in [1.82, 2.24) is 5.32 Å². The molecule has 1 atom stereocenters. The third-order valence-corrected chi connectivity index (χ3v) is 3.09. The zero-order chi connectivity index (χ0) is 16.5. The second-order valence-corrected chi connectivity index (χ2v) is 5.00. The first-order chi connectivity index (χ1) is 9.73. The molecule has 2 N–H and O–H groups in total. The lowest BCUT2D eigenvalue weighted by Gasteiger charge is -2.16. The molecule has 0 aromatic heterocycles. The molecule has 1 unspecified atom stereocenters. The van der Waals surface area contributed by atoms with E-state index < -0.39 is 17.9 Å². The minimum atomic E-state index is -2.54. The van der Waals surface area contributed by atoms with Gasteiger partial charge in [0.2, 0.25) is 5.92 Å². The van der Waals surface area contributed by atoms with Gasteiger partial charge in [-0.3, -0.25) is 0 Å². The SMILES string of the molecule is C#CCCC(F)(F)CCC.CC1=C(Cl)NC(C(=O)O)C=C1. The van der Waals surface area contributed by atoms with Gasteiger partial charge in [-0.2, -0.15) is 0 Å². The van der Waals surface area contributed by atoms with Crippen LogP contribution in [0.4, 0.5) is 8.78 Å². The number of hydrogen-bond donors (Lipinski definition) is 2. The number of carbonyl (C=O) groups is 1. The van der Waals surface area contributed by atoms with E-state index in [2.05, 4.69) is 11.2 Å². The van der Waals surface area contributed by atoms with Crippen LogP contribution in [0.3, 0.4) is 0 Å². The highest BCUT2D eigenvalue weighted by Gasteiger charge is 2.25. The molecule has 1 heterocycles. The number of dihydropyridines is 1. The maximum atomic E-state index is 12.5. The van der Waals surface area contributed by atoms with Gasteiger partial charge in [0.1, 0.15) is 11.2 Å². The Kier molecular flexibility index (Phi) is 8.72. The summed E-state index contributed by atoms with van der Waals surface area (Å²) in [6, 6.07) is -0.689. The molecule has 0 aromatic rings. The summed E-state index contributed by atoms with van der Waals surface area (Å²) in [5.41, 5.74) is 0.851. The molecule has 0 radical (unpaired) electrons. The fourth-order valence-corrected chi connectivity index (χ4v) is 1.68. The Hall–Kier alpha value is -1.54. The average Bonchev–Trinajstić information content (AvgIpc) is 2.40. The predicted molar refractivity (Wildman–Crippen MR) is 80.2 cm³/mol. The van der Waals surface area contributed by atoms with Crippen LogP contribution in [0.25, 0.3) is 0 Å². The highest BCUT2D eigenvalue weighted by atomic mass is 35.5. The molecule has 0 bridgehead atoms. The van der Waals surface area contributed by atoms with E-state index in [1.54, 1.807) is 19.1 Å². The zero-order valence-corrected chi connectivity index (χ0v) is 12.9. The molecule has 0 amide bonds. The summed E-state index contributed by atoms with van der Waals surface area (Å²) in [6.45, 7) is 3.55. The number of carboxylic acid groups (broad SMARTS) is 1. The van der Waals surface area contributed by atoms with E-state index in [9.17, 15) is 13.6 Å². The monoisotopic (exact) mass is 319 g/mol. The second kappa shape index (κ2) is 9.41. The number of rotatable bonds is 5. The fraction of sp³-hybridized carbons (Fsp3) is 0.533. The highest BCUT2D eigenvalue weighted by Crippen LogP contribution is 2.25. The Balaban J connectivity index is 0.000000384. The summed E-state index contributed by atoms with van der Waals surface area (Å²) in [7, 11) is 0. The number of nitrogens with one attached hydrogen (secondary N) is 1. The van der Waals surface area contributed by atoms with Gasteiger partial charge in [0.15, 0.2) is 0 Å². The summed E-state index contributed by atoms with van der Waals surface area (Å²) in [4.78, 5) is 10.4. The molecule has 0 aromatic carbocycles. The van der Waals surface area contributed by atoms with Crippen molar-refractivity contribution in [3.8, 4) is 12.3 Å². The van der Waals surface area contributed by atoms with Gasteiger partial charge >= 0.3 is 5.97 Å². The number of carboxylic acids is 1. The van der Waals surface area contributed by atoms with E-state index in [1.165, 1.54) is 0 Å². The minimum Gasteiger partial charge on any atom is -0.479 e. The van der Waals surface area contributed by atoms with Crippen molar-refractivity contribution in [2.45, 2.75) is 51.5 Å². The molecule has 1 aliphatic heterocycles. The van der Waals surface area contributed by atoms with Gasteiger partial charge < -0.3 is 10.4 Å². The van der Waals surface area contributed by atoms with Crippen molar-refractivity contribution in [2.75, 3.05) is 0 Å². The van der Waals surface area contributed by atoms with Gasteiger partial charge in [-0.1, -0.05) is 37.1 Å². The molecule has 21 heavy (non-hydrogen) atoms. The van der Waals surface area contributed by atoms with Gasteiger partial charge in [0.05, 0.1) is 0 Å². The maximum absolute atomic E-state index is 12.5. The molecule has 1 rings (SSSR count). The topological polar surface area (TPSA) is 49.3 Å². The van der Waals surface area contributed by atoms with Gasteiger partial charge in [0, 0.05) is 19.3 Å². The smallest absolute Gasteiger partial charge is 0.330 e. The second-order valence-electron chi connectivity index (χ2n) is 4.63. The van der Waals surface area contributed by atoms with Crippen LogP contribution in [0, 0.1) is 12.3 Å². The summed E-state index contributed by atoms with van der Waals surface area (Å²) in [5.74, 6) is -1.26. The molecule has 0 saturated carbocycles. The lowest BCUT2D eigenvalue weighted by atomic mass is 10.1. The minimum absolute atomic E-state index is 0.0469. The van der Waals surface area contributed by atoms with Crippen LogP contribution < -0.4 is 5.32 Å². The van der Waals surface area contributed by atoms with Crippen LogP contribution >= 0.6 is 11.6 Å². The molecule has 0 aliphatic carbocycles. The molecular weight excluding hydrogens is 300 g/mol. The van der Waals surface area contributed by atoms with E-state index in [-0.39, 0.29) is 19.3 Å². The molecule has 0 saturated heterocycles. The quantitative estimate of drug-likeness (QED) is 0.597. The number of halogens is 3. The Morgan fingerprint density at radius 3 is 2.62 bits per heavy atom. The van der Waals surface area contributed by atoms with Crippen LogP contribution in [-0.2, 0) is 4.79 Å². The van der Waals surface area contributed by atoms with Crippen molar-refractivity contribution in [3.05, 3.63) is 22.9 Å². The summed E-state index contributed by atoms with van der Waals surface area (Å²) in [5, 5.41) is 11.6. The van der Waals surface area contributed by atoms with Gasteiger partial charge in [-0.15, -0.1) is 12.3 Å². The van der Waals surface area contributed by atoms with Crippen molar-refractivity contribution in [1.29, 1.82) is 0 Å². The van der Waals surface area contributed by atoms with Crippen molar-refractivity contribution >= 4 is 17.6 Å². The largest absolute Gasteiger partial charge is 0.479 e. The first-order valence-corrected chi connectivity index (χ1v) is 6.96. The normalized spacial score (nSPS) is 17.4. The molecule has 1 aliphatic rings. The van der Waals surface area contributed by atoms with E-state index in [4.69, 9.17) is 23.1 Å². The van der Waals surface area contributed by atoms with E-state index in [0.29, 0.717) is 11.6 Å². The van der Waals surface area contributed by atoms with Gasteiger partial charge in [-0.25, -0.2) is 13.6 Å². The van der Waals surface area contributed by atoms with Crippen molar-refractivity contribution in [2.24, 2.45) is 0 Å². The van der Waals surface area contributed by atoms with Gasteiger partial charge in [0.25, 0.3) is 0 Å². The Morgan fingerprint density at radius 2 is 2.19 bits per heavy atom. The van der Waals surface area contributed by atoms with Gasteiger partial charge in [-0.05, 0) is 12.5 Å². The van der Waals surface area contributed by atoms with Crippen LogP contribution in [0.1, 0.15) is 39.5 Å². The summed E-state index contributed by atoms with van der Waals surface area (Å²) >= 11 is 5.66. The lowest BCUT2D eigenvalue weighted by Crippen LogP contribution is -2.35. The van der Waals surface area contributed by atoms with E-state index >= 15 is 0 Å². The summed E-state index contributed by atoms with van der Waals surface area (Å²) < 4.78 is 25.0. The van der Waals surface area contributed by atoms with Crippen molar-refractivity contribution in [3.63, 3.8) is 0 Å². The zero-order valence-electron chi connectivity index (χ0n) is 12.1.